The second-order valence-corrected chi connectivity index (χ2v) is 12.3. The number of carboxylic acid groups (broad SMARTS) is 1. The molecule has 0 saturated heterocycles. The first-order valence-corrected chi connectivity index (χ1v) is 13.7. The number of hydrogen-bond donors (Lipinski definition) is 2. The van der Waals surface area contributed by atoms with E-state index in [-0.39, 0.29) is 39.4 Å². The predicted molar refractivity (Wildman–Crippen MR) is 134 cm³/mol. The minimum atomic E-state index is -4.95. The van der Waals surface area contributed by atoms with E-state index in [0.29, 0.717) is 33.2 Å². The van der Waals surface area contributed by atoms with Crippen LogP contribution in [0.3, 0.4) is 0 Å². The molecule has 0 unspecified atom stereocenters. The molecule has 2 heterocycles. The molecule has 0 radical (unpaired) electrons. The zero-order valence-corrected chi connectivity index (χ0v) is 22.8. The molecule has 214 valence electrons. The topological polar surface area (TPSA) is 148 Å². The number of anilines is 2. The van der Waals surface area contributed by atoms with Gasteiger partial charge in [-0.1, -0.05) is 11.6 Å². The molecule has 1 aliphatic carbocycles. The van der Waals surface area contributed by atoms with E-state index in [2.05, 4.69) is 5.10 Å². The minimum Gasteiger partial charge on any atom is -0.486 e. The lowest BCUT2D eigenvalue weighted by molar-refractivity contribution is -0.175. The predicted octanol–water partition coefficient (Wildman–Crippen LogP) is 3.99. The van der Waals surface area contributed by atoms with Gasteiger partial charge in [0, 0.05) is 19.2 Å². The van der Waals surface area contributed by atoms with Crippen molar-refractivity contribution in [2.24, 2.45) is 11.1 Å². The summed E-state index contributed by atoms with van der Waals surface area (Å²) in [6, 6.07) is 3.29. The van der Waals surface area contributed by atoms with Gasteiger partial charge < -0.3 is 15.6 Å². The van der Waals surface area contributed by atoms with Gasteiger partial charge in [0.15, 0.2) is 5.15 Å². The van der Waals surface area contributed by atoms with E-state index in [1.54, 1.807) is 6.92 Å². The molecule has 0 spiro atoms. The quantitative estimate of drug-likeness (QED) is 0.470. The highest BCUT2D eigenvalue weighted by Crippen LogP contribution is 2.51. The lowest BCUT2D eigenvalue weighted by atomic mass is 9.96. The second kappa shape index (κ2) is 9.47. The Morgan fingerprint density at radius 1 is 1.31 bits per heavy atom. The van der Waals surface area contributed by atoms with Crippen LogP contribution in [0, 0.1) is 5.41 Å². The molecule has 1 aliphatic heterocycles. The number of amides is 2. The van der Waals surface area contributed by atoms with Crippen molar-refractivity contribution in [2.75, 3.05) is 15.7 Å². The van der Waals surface area contributed by atoms with E-state index < -0.39 is 50.9 Å². The molecule has 2 amide bonds. The number of halogens is 4. The van der Waals surface area contributed by atoms with Crippen LogP contribution in [0.5, 0.6) is 5.75 Å². The molecular weight excluding hydrogens is 567 g/mol. The Bertz CT molecular complexity index is 1420. The third kappa shape index (κ3) is 4.97. The van der Waals surface area contributed by atoms with Crippen molar-refractivity contribution in [3.63, 3.8) is 0 Å². The summed E-state index contributed by atoms with van der Waals surface area (Å²) in [6.07, 6.45) is -5.34. The van der Waals surface area contributed by atoms with Gasteiger partial charge in [-0.05, 0) is 51.8 Å². The number of fused-ring (bicyclic) bond motifs is 1. The Labute approximate surface area is 227 Å². The van der Waals surface area contributed by atoms with E-state index in [0.717, 1.165) is 16.4 Å². The molecule has 16 heteroatoms. The number of ether oxygens (including phenoxy) is 1. The summed E-state index contributed by atoms with van der Waals surface area (Å²) in [7, 11) is -4.48. The normalized spacial score (nSPS) is 18.7. The fourth-order valence-corrected chi connectivity index (χ4v) is 6.49. The van der Waals surface area contributed by atoms with E-state index in [4.69, 9.17) is 22.1 Å². The second-order valence-electron chi connectivity index (χ2n) is 10.1. The molecule has 1 aromatic carbocycles. The molecule has 0 bridgehead atoms. The van der Waals surface area contributed by atoms with Gasteiger partial charge in [0.05, 0.1) is 23.3 Å². The number of alkyl halides is 3. The molecule has 4 rings (SSSR count). The molecular formula is C23H27ClF3N5O6S. The van der Waals surface area contributed by atoms with Crippen LogP contribution in [0.1, 0.15) is 40.0 Å². The van der Waals surface area contributed by atoms with Crippen LogP contribution in [-0.4, -0.2) is 59.7 Å². The third-order valence-corrected chi connectivity index (χ3v) is 9.32. The Morgan fingerprint density at radius 3 is 2.44 bits per heavy atom. The van der Waals surface area contributed by atoms with Crippen LogP contribution >= 0.6 is 11.6 Å². The van der Waals surface area contributed by atoms with E-state index in [1.807, 2.05) is 0 Å². The summed E-state index contributed by atoms with van der Waals surface area (Å²) in [5, 5.41) is 13.4. The number of sulfonamides is 1. The van der Waals surface area contributed by atoms with Crippen molar-refractivity contribution >= 4 is 45.0 Å². The number of nitrogens with zero attached hydrogens (tertiary/aromatic N) is 4. The number of aryl methyl sites for hydroxylation is 1. The van der Waals surface area contributed by atoms with Crippen molar-refractivity contribution in [1.29, 1.82) is 0 Å². The van der Waals surface area contributed by atoms with Crippen molar-refractivity contribution in [1.82, 2.24) is 9.78 Å². The number of nitrogens with two attached hydrogens (primary N) is 1. The third-order valence-electron chi connectivity index (χ3n) is 7.15. The lowest BCUT2D eigenvalue weighted by Gasteiger charge is -2.40. The maximum atomic E-state index is 13.9. The van der Waals surface area contributed by atoms with Gasteiger partial charge in [0.25, 0.3) is 10.0 Å². The first-order chi connectivity index (χ1) is 17.9. The minimum absolute atomic E-state index is 0.0343. The Morgan fingerprint density at radius 2 is 1.95 bits per heavy atom. The highest BCUT2D eigenvalue weighted by molar-refractivity contribution is 7.93. The average molecular weight is 594 g/mol. The number of rotatable bonds is 8. The van der Waals surface area contributed by atoms with Crippen LogP contribution in [0.4, 0.5) is 29.3 Å². The highest BCUT2D eigenvalue weighted by atomic mass is 35.5. The van der Waals surface area contributed by atoms with Crippen LogP contribution in [0.2, 0.25) is 5.15 Å². The molecule has 2 aliphatic rings. The average Bonchev–Trinajstić information content (AvgIpc) is 3.50. The zero-order chi connectivity index (χ0) is 29.1. The lowest BCUT2D eigenvalue weighted by Crippen LogP contribution is -2.57. The monoisotopic (exact) mass is 593 g/mol. The van der Waals surface area contributed by atoms with E-state index in [9.17, 15) is 36.3 Å². The fourth-order valence-electron chi connectivity index (χ4n) is 4.54. The Hall–Kier alpha value is -3.20. The molecule has 3 N–H and O–H groups in total. The number of aromatic nitrogens is 2. The Balaban J connectivity index is 1.85. The highest BCUT2D eigenvalue weighted by Gasteiger charge is 2.55. The van der Waals surface area contributed by atoms with Crippen molar-refractivity contribution < 1.29 is 41.0 Å². The SMILES string of the molecule is CCn1cc(S(=O)(=O)N2C[C@@H](CC3(C(N)=O)CC3)Oc3ccc(N(C(=O)O)C(C)(C)C(F)(F)F)cc32)c(Cl)n1. The summed E-state index contributed by atoms with van der Waals surface area (Å²) in [6.45, 7) is 3.08. The molecule has 1 saturated carbocycles. The van der Waals surface area contributed by atoms with Gasteiger partial charge in [-0.3, -0.25) is 18.7 Å². The van der Waals surface area contributed by atoms with Crippen LogP contribution < -0.4 is 19.7 Å². The van der Waals surface area contributed by atoms with Gasteiger partial charge in [-0.15, -0.1) is 0 Å². The van der Waals surface area contributed by atoms with Crippen molar-refractivity contribution in [2.45, 2.75) is 69.3 Å². The van der Waals surface area contributed by atoms with Crippen molar-refractivity contribution in [3.8, 4) is 5.75 Å². The van der Waals surface area contributed by atoms with Gasteiger partial charge >= 0.3 is 12.3 Å². The van der Waals surface area contributed by atoms with E-state index >= 15 is 0 Å². The summed E-state index contributed by atoms with van der Waals surface area (Å²) in [5.74, 6) is -0.576. The number of hydrogen-bond acceptors (Lipinski definition) is 6. The molecule has 1 fully saturated rings. The fraction of sp³-hybridized carbons (Fsp3) is 0.522. The van der Waals surface area contributed by atoms with Gasteiger partial charge in [0.2, 0.25) is 5.91 Å². The molecule has 1 aromatic heterocycles. The van der Waals surface area contributed by atoms with Crippen LogP contribution in [0.25, 0.3) is 0 Å². The summed E-state index contributed by atoms with van der Waals surface area (Å²) < 4.78 is 77.3. The van der Waals surface area contributed by atoms with E-state index in [1.165, 1.54) is 16.9 Å². The van der Waals surface area contributed by atoms with Gasteiger partial charge in [-0.25, -0.2) is 13.2 Å². The largest absolute Gasteiger partial charge is 0.486 e. The summed E-state index contributed by atoms with van der Waals surface area (Å²) in [5.41, 5.74) is 1.20. The van der Waals surface area contributed by atoms with Crippen LogP contribution in [-0.2, 0) is 21.4 Å². The molecule has 39 heavy (non-hydrogen) atoms. The number of primary amides is 1. The number of carbonyl (C=O) groups excluding carboxylic acids is 1. The molecule has 11 nitrogen and oxygen atoms in total. The Kier molecular flexibility index (Phi) is 6.99. The first-order valence-electron chi connectivity index (χ1n) is 11.9. The smallest absolute Gasteiger partial charge is 0.412 e. The summed E-state index contributed by atoms with van der Waals surface area (Å²) in [4.78, 5) is 23.8. The number of benzene rings is 1. The molecule has 1 atom stereocenters. The number of carbonyl (C=O) groups is 2. The first kappa shape index (κ1) is 28.8. The maximum Gasteiger partial charge on any atom is 0.412 e. The standard InChI is InChI=1S/C23H27ClF3N5O6S/c1-4-30-12-17(18(24)29-30)39(36,37)31-11-14(10-22(7-8-22)19(28)33)38-16-6-5-13(9-15(16)31)32(20(34)35)21(2,3)23(25,26)27/h5-6,9,12,14H,4,7-8,10-11H2,1-3H3,(H2,28,33)(H,34,35)/t14-/m1/s1. The molecule has 2 aromatic rings. The van der Waals surface area contributed by atoms with Gasteiger partial charge in [0.1, 0.15) is 22.3 Å². The van der Waals surface area contributed by atoms with Gasteiger partial charge in [-0.2, -0.15) is 18.3 Å². The zero-order valence-electron chi connectivity index (χ0n) is 21.2. The van der Waals surface area contributed by atoms with Crippen LogP contribution in [0.15, 0.2) is 29.3 Å². The maximum absolute atomic E-state index is 13.9. The summed E-state index contributed by atoms with van der Waals surface area (Å²) >= 11 is 6.14. The van der Waals surface area contributed by atoms with Crippen molar-refractivity contribution in [3.05, 3.63) is 29.5 Å².